The quantitative estimate of drug-likeness (QED) is 0.769. The number of fused-ring (bicyclic) bond motifs is 1. The Morgan fingerprint density at radius 3 is 3.26 bits per heavy atom. The third-order valence-corrected chi connectivity index (χ3v) is 4.57. The van der Waals surface area contributed by atoms with E-state index in [2.05, 4.69) is 32.5 Å². The number of hydrogen-bond donors (Lipinski definition) is 3. The summed E-state index contributed by atoms with van der Waals surface area (Å²) in [6.45, 7) is 4.86. The Labute approximate surface area is 116 Å². The molecule has 0 saturated heterocycles. The van der Waals surface area contributed by atoms with E-state index in [1.54, 1.807) is 17.7 Å². The highest BCUT2D eigenvalue weighted by Crippen LogP contribution is 2.14. The molecule has 0 amide bonds. The fourth-order valence-electron chi connectivity index (χ4n) is 2.32. The maximum atomic E-state index is 4.42. The normalized spacial score (nSPS) is 18.5. The molecule has 3 rings (SSSR count). The maximum Gasteiger partial charge on any atom is 0.107 e. The van der Waals surface area contributed by atoms with Gasteiger partial charge in [0.15, 0.2) is 0 Å². The van der Waals surface area contributed by atoms with Gasteiger partial charge in [0.2, 0.25) is 0 Å². The van der Waals surface area contributed by atoms with Crippen molar-refractivity contribution >= 4 is 11.3 Å². The van der Waals surface area contributed by atoms with E-state index in [1.165, 1.54) is 21.3 Å². The number of rotatable bonds is 5. The molecule has 1 unspecified atom stereocenters. The molecule has 0 aromatic carbocycles. The topological polar surface area (TPSA) is 65.6 Å². The Bertz CT molecular complexity index is 533. The average molecular weight is 277 g/mol. The first kappa shape index (κ1) is 12.8. The van der Waals surface area contributed by atoms with Gasteiger partial charge in [0.05, 0.1) is 17.7 Å². The van der Waals surface area contributed by atoms with Crippen LogP contribution in [0.25, 0.3) is 0 Å². The van der Waals surface area contributed by atoms with Crippen molar-refractivity contribution in [2.45, 2.75) is 38.9 Å². The molecule has 2 aromatic heterocycles. The fraction of sp³-hybridized carbons (Fsp3) is 0.538. The van der Waals surface area contributed by atoms with Crippen LogP contribution in [0.1, 0.15) is 28.2 Å². The van der Waals surface area contributed by atoms with Crippen molar-refractivity contribution in [3.8, 4) is 0 Å². The first-order valence-corrected chi connectivity index (χ1v) is 7.55. The first-order valence-electron chi connectivity index (χ1n) is 6.74. The molecule has 0 spiro atoms. The number of aromatic nitrogens is 3. The summed E-state index contributed by atoms with van der Waals surface area (Å²) in [4.78, 5) is 13.3. The van der Waals surface area contributed by atoms with Gasteiger partial charge in [-0.3, -0.25) is 0 Å². The van der Waals surface area contributed by atoms with Gasteiger partial charge in [-0.1, -0.05) is 6.92 Å². The van der Waals surface area contributed by atoms with E-state index in [4.69, 9.17) is 0 Å². The van der Waals surface area contributed by atoms with Crippen LogP contribution in [0.5, 0.6) is 0 Å². The van der Waals surface area contributed by atoms with E-state index in [0.29, 0.717) is 6.04 Å². The number of imidazole rings is 1. The monoisotopic (exact) mass is 277 g/mol. The predicted molar refractivity (Wildman–Crippen MR) is 76.1 cm³/mol. The van der Waals surface area contributed by atoms with Gasteiger partial charge in [0.1, 0.15) is 5.01 Å². The highest BCUT2D eigenvalue weighted by atomic mass is 32.1. The predicted octanol–water partition coefficient (Wildman–Crippen LogP) is 1.23. The zero-order valence-corrected chi connectivity index (χ0v) is 11.9. The van der Waals surface area contributed by atoms with E-state index >= 15 is 0 Å². The van der Waals surface area contributed by atoms with Crippen molar-refractivity contribution in [3.63, 3.8) is 0 Å². The number of thiazole rings is 1. The molecule has 3 heterocycles. The van der Waals surface area contributed by atoms with Gasteiger partial charge in [-0.25, -0.2) is 9.97 Å². The summed E-state index contributed by atoms with van der Waals surface area (Å²) in [6, 6.07) is 0.460. The second-order valence-corrected chi connectivity index (χ2v) is 6.01. The number of aryl methyl sites for hydroxylation is 1. The highest BCUT2D eigenvalue weighted by molar-refractivity contribution is 7.11. The maximum absolute atomic E-state index is 4.42. The molecule has 5 nitrogen and oxygen atoms in total. The summed E-state index contributed by atoms with van der Waals surface area (Å²) >= 11 is 1.80. The summed E-state index contributed by atoms with van der Waals surface area (Å²) in [7, 11) is 0. The standard InChI is InChI=1S/C13H19N5S/c1-2-10-5-16-13(19-10)7-14-4-9-3-11-12(6-15-9)18-8-17-11/h5,8-9,14-15H,2-4,6-7H2,1H3,(H,17,18). The van der Waals surface area contributed by atoms with Crippen LogP contribution in [0.3, 0.4) is 0 Å². The number of H-pyrrole nitrogens is 1. The van der Waals surface area contributed by atoms with Gasteiger partial charge < -0.3 is 15.6 Å². The van der Waals surface area contributed by atoms with Gasteiger partial charge in [-0.15, -0.1) is 11.3 Å². The van der Waals surface area contributed by atoms with Crippen LogP contribution < -0.4 is 10.6 Å². The van der Waals surface area contributed by atoms with E-state index in [9.17, 15) is 0 Å². The molecule has 102 valence electrons. The third kappa shape index (κ3) is 3.02. The van der Waals surface area contributed by atoms with Gasteiger partial charge in [0, 0.05) is 43.2 Å². The largest absolute Gasteiger partial charge is 0.347 e. The molecule has 0 radical (unpaired) electrons. The highest BCUT2D eigenvalue weighted by Gasteiger charge is 2.19. The van der Waals surface area contributed by atoms with E-state index in [1.807, 2.05) is 6.20 Å². The Hall–Kier alpha value is -1.24. The molecule has 0 saturated carbocycles. The van der Waals surface area contributed by atoms with E-state index in [0.717, 1.165) is 32.5 Å². The van der Waals surface area contributed by atoms with E-state index in [-0.39, 0.29) is 0 Å². The number of hydrogen-bond acceptors (Lipinski definition) is 5. The molecule has 6 heteroatoms. The van der Waals surface area contributed by atoms with Crippen molar-refractivity contribution in [2.24, 2.45) is 0 Å². The molecule has 0 aliphatic carbocycles. The van der Waals surface area contributed by atoms with Crippen LogP contribution in [0, 0.1) is 0 Å². The summed E-state index contributed by atoms with van der Waals surface area (Å²) < 4.78 is 0. The molecular weight excluding hydrogens is 258 g/mol. The molecule has 3 N–H and O–H groups in total. The molecule has 2 aromatic rings. The van der Waals surface area contributed by atoms with Crippen molar-refractivity contribution in [1.29, 1.82) is 0 Å². The lowest BCUT2D eigenvalue weighted by Gasteiger charge is -2.23. The van der Waals surface area contributed by atoms with Crippen LogP contribution in [0.2, 0.25) is 0 Å². The van der Waals surface area contributed by atoms with Crippen molar-refractivity contribution < 1.29 is 0 Å². The molecule has 1 aliphatic heterocycles. The van der Waals surface area contributed by atoms with Crippen molar-refractivity contribution in [3.05, 3.63) is 33.8 Å². The van der Waals surface area contributed by atoms with Crippen molar-refractivity contribution in [1.82, 2.24) is 25.6 Å². The first-order chi connectivity index (χ1) is 9.35. The number of aromatic amines is 1. The lowest BCUT2D eigenvalue weighted by Crippen LogP contribution is -2.42. The molecule has 1 atom stereocenters. The second kappa shape index (κ2) is 5.81. The van der Waals surface area contributed by atoms with E-state index < -0.39 is 0 Å². The minimum Gasteiger partial charge on any atom is -0.347 e. The van der Waals surface area contributed by atoms with Crippen LogP contribution in [0.15, 0.2) is 12.5 Å². The second-order valence-electron chi connectivity index (χ2n) is 4.81. The van der Waals surface area contributed by atoms with Gasteiger partial charge in [-0.05, 0) is 6.42 Å². The smallest absolute Gasteiger partial charge is 0.107 e. The summed E-state index contributed by atoms with van der Waals surface area (Å²) in [6.07, 6.45) is 5.83. The lowest BCUT2D eigenvalue weighted by molar-refractivity contribution is 0.441. The summed E-state index contributed by atoms with van der Waals surface area (Å²) in [5.74, 6) is 0. The minimum atomic E-state index is 0.460. The number of nitrogens with one attached hydrogen (secondary N) is 3. The Kier molecular flexibility index (Phi) is 3.91. The summed E-state index contributed by atoms with van der Waals surface area (Å²) in [5.41, 5.74) is 2.43. The fourth-order valence-corrected chi connectivity index (χ4v) is 3.15. The SMILES string of the molecule is CCc1cnc(CNCC2Cc3nc[nH]c3CN2)s1. The van der Waals surface area contributed by atoms with Gasteiger partial charge >= 0.3 is 0 Å². The third-order valence-electron chi connectivity index (χ3n) is 3.43. The average Bonchev–Trinajstić information content (AvgIpc) is 3.06. The zero-order chi connectivity index (χ0) is 13.1. The molecule has 19 heavy (non-hydrogen) atoms. The lowest BCUT2D eigenvalue weighted by atomic mass is 10.1. The Morgan fingerprint density at radius 1 is 1.47 bits per heavy atom. The summed E-state index contributed by atoms with van der Waals surface area (Å²) in [5, 5.41) is 8.17. The van der Waals surface area contributed by atoms with Gasteiger partial charge in [-0.2, -0.15) is 0 Å². The molecular formula is C13H19N5S. The van der Waals surface area contributed by atoms with Crippen LogP contribution in [-0.2, 0) is 25.9 Å². The molecule has 1 aliphatic rings. The Morgan fingerprint density at radius 2 is 2.42 bits per heavy atom. The van der Waals surface area contributed by atoms with Gasteiger partial charge in [0.25, 0.3) is 0 Å². The number of nitrogens with zero attached hydrogens (tertiary/aromatic N) is 2. The van der Waals surface area contributed by atoms with Crippen molar-refractivity contribution in [2.75, 3.05) is 6.54 Å². The molecule has 0 fully saturated rings. The van der Waals surface area contributed by atoms with Crippen LogP contribution in [0.4, 0.5) is 0 Å². The minimum absolute atomic E-state index is 0.460. The van der Waals surface area contributed by atoms with Crippen LogP contribution >= 0.6 is 11.3 Å². The van der Waals surface area contributed by atoms with Crippen LogP contribution in [-0.4, -0.2) is 27.5 Å². The zero-order valence-electron chi connectivity index (χ0n) is 11.1. The Balaban J connectivity index is 1.46. The molecule has 0 bridgehead atoms.